The average molecular weight is 181 g/mol. The van der Waals surface area contributed by atoms with Crippen molar-refractivity contribution in [3.8, 4) is 22.4 Å². The minimum atomic E-state index is -2.11. The molecule has 0 amide bonds. The predicted molar refractivity (Wildman–Crippen MR) is 44.4 cm³/mol. The van der Waals surface area contributed by atoms with E-state index in [4.69, 9.17) is 12.8 Å². The zero-order chi connectivity index (χ0) is 7.33. The van der Waals surface area contributed by atoms with E-state index in [1.165, 1.54) is 0 Å². The molecule has 0 aromatic heterocycles. The summed E-state index contributed by atoms with van der Waals surface area (Å²) in [4.78, 5) is 0. The van der Waals surface area contributed by atoms with Crippen LogP contribution in [0, 0.1) is 22.4 Å². The molecule has 0 aliphatic heterocycles. The van der Waals surface area contributed by atoms with E-state index in [2.05, 4.69) is 23.4 Å². The summed E-state index contributed by atoms with van der Waals surface area (Å²) in [7, 11) is 0. The number of hydrogen-bond donors (Lipinski definition) is 0. The van der Waals surface area contributed by atoms with Crippen LogP contribution in [0.1, 0.15) is 13.8 Å². The van der Waals surface area contributed by atoms with Crippen LogP contribution in [-0.2, 0) is 0 Å². The molecule has 0 saturated carbocycles. The molecule has 0 aliphatic rings. The van der Waals surface area contributed by atoms with E-state index in [1.807, 2.05) is 0 Å². The van der Waals surface area contributed by atoms with E-state index >= 15 is 0 Å². The predicted octanol–water partition coefficient (Wildman–Crippen LogP) is 1.82. The molecule has 0 bridgehead atoms. The summed E-state index contributed by atoms with van der Waals surface area (Å²) in [6.45, 7) is 4.20. The Morgan fingerprint density at radius 3 is 1.44 bits per heavy atom. The molecule has 0 aliphatic carbocycles. The molecule has 0 unspecified atom stereocenters. The van der Waals surface area contributed by atoms with Gasteiger partial charge >= 0.3 is 60.0 Å². The van der Waals surface area contributed by atoms with Crippen LogP contribution < -0.4 is 0 Å². The first-order valence-electron chi connectivity index (χ1n) is 3.20. The van der Waals surface area contributed by atoms with Crippen LogP contribution in [0.3, 0.4) is 0 Å². The van der Waals surface area contributed by atoms with E-state index < -0.39 is 13.3 Å². The molecule has 1 heteroatoms. The van der Waals surface area contributed by atoms with Crippen LogP contribution in [0.25, 0.3) is 0 Å². The second-order valence-electron chi connectivity index (χ2n) is 2.08. The van der Waals surface area contributed by atoms with Crippen LogP contribution >= 0.6 is 0 Å². The Labute approximate surface area is 60.4 Å². The zero-order valence-electron chi connectivity index (χ0n) is 6.07. The first-order chi connectivity index (χ1) is 4.24. The molecule has 0 aromatic carbocycles. The third-order valence-corrected chi connectivity index (χ3v) is 9.14. The van der Waals surface area contributed by atoms with Crippen molar-refractivity contribution in [2.45, 2.75) is 24.4 Å². The monoisotopic (exact) mass is 182 g/mol. The molecule has 0 heterocycles. The molecule has 0 fully saturated rings. The van der Waals surface area contributed by atoms with Gasteiger partial charge < -0.3 is 0 Å². The Balaban J connectivity index is 4.28. The summed E-state index contributed by atoms with van der Waals surface area (Å²) >= 11 is -2.11. The van der Waals surface area contributed by atoms with Crippen molar-refractivity contribution in [3.63, 3.8) is 0 Å². The molecule has 0 atom stereocenters. The van der Waals surface area contributed by atoms with Gasteiger partial charge in [-0.05, 0) is 0 Å². The van der Waals surface area contributed by atoms with Crippen LogP contribution in [0.4, 0.5) is 0 Å². The van der Waals surface area contributed by atoms with Gasteiger partial charge in [-0.1, -0.05) is 0 Å². The van der Waals surface area contributed by atoms with Crippen LogP contribution in [-0.4, -0.2) is 13.3 Å². The summed E-state index contributed by atoms with van der Waals surface area (Å²) in [6, 6.07) is 0. The average Bonchev–Trinajstić information content (AvgIpc) is 1.95. The van der Waals surface area contributed by atoms with Gasteiger partial charge in [0.2, 0.25) is 0 Å². The number of rotatable bonds is 2. The van der Waals surface area contributed by atoms with Crippen LogP contribution in [0.5, 0.6) is 0 Å². The van der Waals surface area contributed by atoms with Crippen molar-refractivity contribution in [2.24, 2.45) is 0 Å². The first-order valence-corrected chi connectivity index (χ1v) is 8.26. The molecule has 0 N–H and O–H groups in total. The summed E-state index contributed by atoms with van der Waals surface area (Å²) < 4.78 is 5.63. The summed E-state index contributed by atoms with van der Waals surface area (Å²) in [5, 5.41) is 2.12. The van der Waals surface area contributed by atoms with Gasteiger partial charge in [0.1, 0.15) is 0 Å². The molecule has 0 radical (unpaired) electrons. The van der Waals surface area contributed by atoms with Gasteiger partial charge in [0.15, 0.2) is 0 Å². The third kappa shape index (κ3) is 1.81. The maximum atomic E-state index is 5.33. The van der Waals surface area contributed by atoms with Gasteiger partial charge in [0.25, 0.3) is 0 Å². The van der Waals surface area contributed by atoms with E-state index in [9.17, 15) is 0 Å². The van der Waals surface area contributed by atoms with E-state index in [1.54, 1.807) is 0 Å². The standard InChI is InChI=1S/C8H12Ge/c1-5-9(6-2,7-3)8-4/h1-2H,7-8H2,3-4H3. The topological polar surface area (TPSA) is 0 Å². The quantitative estimate of drug-likeness (QED) is 0.450. The van der Waals surface area contributed by atoms with Gasteiger partial charge in [0.05, 0.1) is 0 Å². The van der Waals surface area contributed by atoms with E-state index in [-0.39, 0.29) is 0 Å². The number of terminal acetylenes is 2. The van der Waals surface area contributed by atoms with Gasteiger partial charge in [0, 0.05) is 0 Å². The third-order valence-electron chi connectivity index (χ3n) is 1.76. The van der Waals surface area contributed by atoms with Gasteiger partial charge in [-0.15, -0.1) is 0 Å². The zero-order valence-corrected chi connectivity index (χ0v) is 8.17. The Kier molecular flexibility index (Phi) is 3.51. The molecular weight excluding hydrogens is 169 g/mol. The fourth-order valence-corrected chi connectivity index (χ4v) is 3.64. The fraction of sp³-hybridized carbons (Fsp3) is 0.500. The maximum absolute atomic E-state index is 5.33. The normalized spacial score (nSPS) is 9.78. The van der Waals surface area contributed by atoms with Gasteiger partial charge in [-0.2, -0.15) is 0 Å². The summed E-state index contributed by atoms with van der Waals surface area (Å²) in [6.07, 6.45) is 10.7. The molecule has 0 spiro atoms. The summed E-state index contributed by atoms with van der Waals surface area (Å²) in [5.74, 6) is 0. The Morgan fingerprint density at radius 1 is 1.11 bits per heavy atom. The Hall–Kier alpha value is -0.337. The molecule has 0 nitrogen and oxygen atoms in total. The second kappa shape index (κ2) is 3.64. The molecule has 48 valence electrons. The van der Waals surface area contributed by atoms with Crippen molar-refractivity contribution in [2.75, 3.05) is 0 Å². The SMILES string of the molecule is C#[C][Ge]([C]#C)([CH2]C)[CH2]C. The van der Waals surface area contributed by atoms with E-state index in [0.29, 0.717) is 0 Å². The Morgan fingerprint density at radius 2 is 1.44 bits per heavy atom. The molecular formula is C8H12Ge. The minimum absolute atomic E-state index is 1.06. The van der Waals surface area contributed by atoms with Crippen LogP contribution in [0.2, 0.25) is 10.5 Å². The molecule has 0 rings (SSSR count). The second-order valence-corrected chi connectivity index (χ2v) is 10.8. The van der Waals surface area contributed by atoms with Gasteiger partial charge in [-0.3, -0.25) is 0 Å². The Bertz CT molecular complexity index is 136. The van der Waals surface area contributed by atoms with E-state index in [0.717, 1.165) is 10.5 Å². The summed E-state index contributed by atoms with van der Waals surface area (Å²) in [5.41, 5.74) is 0. The van der Waals surface area contributed by atoms with Crippen LogP contribution in [0.15, 0.2) is 0 Å². The fourth-order valence-electron chi connectivity index (χ4n) is 0.700. The van der Waals surface area contributed by atoms with Crippen molar-refractivity contribution in [3.05, 3.63) is 0 Å². The molecule has 0 saturated heterocycles. The molecule has 0 aromatic rings. The van der Waals surface area contributed by atoms with Crippen molar-refractivity contribution >= 4 is 13.3 Å². The van der Waals surface area contributed by atoms with Crippen molar-refractivity contribution in [1.29, 1.82) is 0 Å². The van der Waals surface area contributed by atoms with Gasteiger partial charge in [-0.25, -0.2) is 0 Å². The van der Waals surface area contributed by atoms with Crippen molar-refractivity contribution in [1.82, 2.24) is 0 Å². The first kappa shape index (κ1) is 8.66. The molecule has 9 heavy (non-hydrogen) atoms. The van der Waals surface area contributed by atoms with Crippen molar-refractivity contribution < 1.29 is 0 Å². The number of hydrogen-bond acceptors (Lipinski definition) is 0.